The van der Waals surface area contributed by atoms with Gasteiger partial charge < -0.3 is 0 Å². The van der Waals surface area contributed by atoms with Gasteiger partial charge in [0.2, 0.25) is 0 Å². The van der Waals surface area contributed by atoms with Crippen LogP contribution in [0.5, 0.6) is 0 Å². The van der Waals surface area contributed by atoms with Crippen molar-refractivity contribution in [1.29, 1.82) is 0 Å². The largest absolute Gasteiger partial charge is 0.256 e. The van der Waals surface area contributed by atoms with E-state index in [1.165, 1.54) is 17.4 Å². The van der Waals surface area contributed by atoms with Crippen molar-refractivity contribution in [1.82, 2.24) is 4.98 Å². The average molecular weight is 374 g/mol. The number of fused-ring (bicyclic) bond motifs is 1. The third kappa shape index (κ3) is 4.46. The summed E-state index contributed by atoms with van der Waals surface area (Å²) in [5.74, 6) is 1.42. The summed E-state index contributed by atoms with van der Waals surface area (Å²) in [5.41, 5.74) is 2.45. The van der Waals surface area contributed by atoms with Crippen LogP contribution in [0.4, 0.5) is 0 Å². The summed E-state index contributed by atoms with van der Waals surface area (Å²) in [6.45, 7) is 5.44. The first-order chi connectivity index (χ1) is 12.3. The first-order valence-corrected chi connectivity index (χ1v) is 11.5. The predicted octanol–water partition coefficient (Wildman–Crippen LogP) is 5.19. The molecular weight excluding hydrogens is 342 g/mol. The van der Waals surface area contributed by atoms with E-state index in [0.29, 0.717) is 11.7 Å². The molecule has 142 valence electrons. The van der Waals surface area contributed by atoms with Gasteiger partial charge in [-0.15, -0.1) is 0 Å². The number of sulfone groups is 1. The van der Waals surface area contributed by atoms with Crippen molar-refractivity contribution >= 4 is 20.7 Å². The lowest BCUT2D eigenvalue weighted by molar-refractivity contribution is 0.278. The van der Waals surface area contributed by atoms with Gasteiger partial charge in [0, 0.05) is 11.6 Å². The Hall–Kier alpha value is -1.42. The number of rotatable bonds is 5. The second kappa shape index (κ2) is 7.67. The standard InChI is InChI=1S/C22H31NO2S/c1-22(2,3)26(24,25)16-18-11-9-17(10-12-18)13-14-19-6-4-8-21-20(19)7-5-15-23-21/h4-8,15,17-18H,9-14,16H2,1-3H3. The zero-order valence-corrected chi connectivity index (χ0v) is 17.1. The van der Waals surface area contributed by atoms with Gasteiger partial charge in [-0.3, -0.25) is 4.98 Å². The molecule has 0 saturated heterocycles. The lowest BCUT2D eigenvalue weighted by Crippen LogP contribution is -2.34. The summed E-state index contributed by atoms with van der Waals surface area (Å²) in [6.07, 6.45) is 8.54. The highest BCUT2D eigenvalue weighted by Crippen LogP contribution is 2.34. The predicted molar refractivity (Wildman–Crippen MR) is 109 cm³/mol. The number of aromatic nitrogens is 1. The van der Waals surface area contributed by atoms with Crippen molar-refractivity contribution in [2.75, 3.05) is 5.75 Å². The average Bonchev–Trinajstić information content (AvgIpc) is 2.60. The molecule has 0 aliphatic heterocycles. The van der Waals surface area contributed by atoms with Gasteiger partial charge in [0.15, 0.2) is 9.84 Å². The lowest BCUT2D eigenvalue weighted by atomic mass is 9.80. The van der Waals surface area contributed by atoms with E-state index in [9.17, 15) is 8.42 Å². The molecule has 0 unspecified atom stereocenters. The number of hydrogen-bond donors (Lipinski definition) is 0. The number of aryl methyl sites for hydroxylation is 1. The number of nitrogens with zero attached hydrogens (tertiary/aromatic N) is 1. The molecule has 1 aromatic heterocycles. The monoisotopic (exact) mass is 373 g/mol. The molecule has 0 spiro atoms. The van der Waals surface area contributed by atoms with E-state index in [4.69, 9.17) is 0 Å². The fourth-order valence-electron chi connectivity index (χ4n) is 3.99. The third-order valence-corrected chi connectivity index (χ3v) is 8.69. The first kappa shape index (κ1) is 19.3. The number of benzene rings is 1. The van der Waals surface area contributed by atoms with E-state index in [1.54, 1.807) is 0 Å². The van der Waals surface area contributed by atoms with Gasteiger partial charge in [0.25, 0.3) is 0 Å². The molecule has 3 rings (SSSR count). The van der Waals surface area contributed by atoms with Gasteiger partial charge in [-0.05, 0) is 76.0 Å². The van der Waals surface area contributed by atoms with Crippen molar-refractivity contribution < 1.29 is 8.42 Å². The van der Waals surface area contributed by atoms with Crippen LogP contribution in [0, 0.1) is 11.8 Å². The molecular formula is C22H31NO2S. The highest BCUT2D eigenvalue weighted by molar-refractivity contribution is 7.92. The van der Waals surface area contributed by atoms with Crippen molar-refractivity contribution in [2.45, 2.75) is 64.0 Å². The molecule has 26 heavy (non-hydrogen) atoms. The quantitative estimate of drug-likeness (QED) is 0.725. The molecule has 0 N–H and O–H groups in total. The van der Waals surface area contributed by atoms with Crippen LogP contribution in [0.25, 0.3) is 10.9 Å². The second-order valence-corrected chi connectivity index (χ2v) is 11.6. The molecule has 0 bridgehead atoms. The van der Waals surface area contributed by atoms with Crippen molar-refractivity contribution in [3.05, 3.63) is 42.1 Å². The van der Waals surface area contributed by atoms with E-state index in [2.05, 4.69) is 29.2 Å². The molecule has 4 heteroatoms. The Morgan fingerprint density at radius 1 is 1.00 bits per heavy atom. The maximum Gasteiger partial charge on any atom is 0.155 e. The van der Waals surface area contributed by atoms with E-state index in [0.717, 1.165) is 43.5 Å². The summed E-state index contributed by atoms with van der Waals surface area (Å²) < 4.78 is 24.2. The van der Waals surface area contributed by atoms with Crippen molar-refractivity contribution in [3.8, 4) is 0 Å². The van der Waals surface area contributed by atoms with Crippen LogP contribution in [0.3, 0.4) is 0 Å². The van der Waals surface area contributed by atoms with Gasteiger partial charge in [0.1, 0.15) is 0 Å². The van der Waals surface area contributed by atoms with Crippen molar-refractivity contribution in [2.24, 2.45) is 11.8 Å². The Kier molecular flexibility index (Phi) is 5.71. The van der Waals surface area contributed by atoms with Gasteiger partial charge in [0.05, 0.1) is 16.0 Å². The molecule has 1 saturated carbocycles. The van der Waals surface area contributed by atoms with Crippen LogP contribution in [0.1, 0.15) is 58.4 Å². The molecule has 1 heterocycles. The number of hydrogen-bond acceptors (Lipinski definition) is 3. The zero-order valence-electron chi connectivity index (χ0n) is 16.2. The van der Waals surface area contributed by atoms with Crippen LogP contribution >= 0.6 is 0 Å². The van der Waals surface area contributed by atoms with Crippen LogP contribution < -0.4 is 0 Å². The number of pyridine rings is 1. The molecule has 0 radical (unpaired) electrons. The first-order valence-electron chi connectivity index (χ1n) is 9.81. The summed E-state index contributed by atoms with van der Waals surface area (Å²) >= 11 is 0. The zero-order chi connectivity index (χ0) is 18.8. The molecule has 3 nitrogen and oxygen atoms in total. The summed E-state index contributed by atoms with van der Waals surface area (Å²) in [5, 5.41) is 1.26. The molecule has 1 aliphatic rings. The van der Waals surface area contributed by atoms with E-state index in [1.807, 2.05) is 33.0 Å². The fourth-order valence-corrected chi connectivity index (χ4v) is 5.45. The van der Waals surface area contributed by atoms with Gasteiger partial charge in [-0.1, -0.05) is 31.0 Å². The summed E-state index contributed by atoms with van der Waals surface area (Å²) in [7, 11) is -3.00. The van der Waals surface area contributed by atoms with Crippen LogP contribution in [-0.4, -0.2) is 23.9 Å². The van der Waals surface area contributed by atoms with E-state index >= 15 is 0 Å². The third-order valence-electron chi connectivity index (χ3n) is 5.91. The van der Waals surface area contributed by atoms with Gasteiger partial charge in [-0.2, -0.15) is 0 Å². The maximum atomic E-state index is 12.4. The smallest absolute Gasteiger partial charge is 0.155 e. The van der Waals surface area contributed by atoms with Crippen LogP contribution in [-0.2, 0) is 16.3 Å². The van der Waals surface area contributed by atoms with E-state index in [-0.39, 0.29) is 0 Å². The lowest BCUT2D eigenvalue weighted by Gasteiger charge is -2.30. The van der Waals surface area contributed by atoms with Crippen LogP contribution in [0.2, 0.25) is 0 Å². The Morgan fingerprint density at radius 3 is 2.38 bits per heavy atom. The Labute approximate surface area is 158 Å². The normalized spacial score (nSPS) is 21.8. The highest BCUT2D eigenvalue weighted by Gasteiger charge is 2.33. The summed E-state index contributed by atoms with van der Waals surface area (Å²) in [4.78, 5) is 4.44. The summed E-state index contributed by atoms with van der Waals surface area (Å²) in [6, 6.07) is 10.5. The van der Waals surface area contributed by atoms with Gasteiger partial charge in [-0.25, -0.2) is 8.42 Å². The minimum atomic E-state index is -3.00. The molecule has 1 fully saturated rings. The van der Waals surface area contributed by atoms with Crippen LogP contribution in [0.15, 0.2) is 36.5 Å². The highest BCUT2D eigenvalue weighted by atomic mass is 32.2. The van der Waals surface area contributed by atoms with Gasteiger partial charge >= 0.3 is 0 Å². The molecule has 2 aromatic rings. The van der Waals surface area contributed by atoms with E-state index < -0.39 is 14.6 Å². The Balaban J connectivity index is 1.53. The Bertz CT molecular complexity index is 839. The second-order valence-electron chi connectivity index (χ2n) is 8.81. The maximum absolute atomic E-state index is 12.4. The molecule has 1 aromatic carbocycles. The topological polar surface area (TPSA) is 47.0 Å². The minimum Gasteiger partial charge on any atom is -0.256 e. The minimum absolute atomic E-state index is 0.345. The molecule has 0 atom stereocenters. The molecule has 0 amide bonds. The molecule has 1 aliphatic carbocycles. The SMILES string of the molecule is CC(C)(C)S(=O)(=O)CC1CCC(CCc2cccc3ncccc23)CC1. The Morgan fingerprint density at radius 2 is 1.69 bits per heavy atom. The fraction of sp³-hybridized carbons (Fsp3) is 0.591. The van der Waals surface area contributed by atoms with Crippen molar-refractivity contribution in [3.63, 3.8) is 0 Å².